The number of Topliss-reactive ketones (excluding diaryl/α,β-unsaturated/α-hetero) is 1. The van der Waals surface area contributed by atoms with Gasteiger partial charge in [0.2, 0.25) is 0 Å². The van der Waals surface area contributed by atoms with Gasteiger partial charge in [0.25, 0.3) is 5.91 Å². The highest BCUT2D eigenvalue weighted by molar-refractivity contribution is 7.14. The predicted octanol–water partition coefficient (Wildman–Crippen LogP) is 4.87. The highest BCUT2D eigenvalue weighted by atomic mass is 35.5. The van der Waals surface area contributed by atoms with Crippen molar-refractivity contribution in [2.24, 2.45) is 0 Å². The first-order valence-corrected chi connectivity index (χ1v) is 8.70. The lowest BCUT2D eigenvalue weighted by Crippen LogP contribution is -2.13. The first-order chi connectivity index (χ1) is 11.9. The highest BCUT2D eigenvalue weighted by Crippen LogP contribution is 2.37. The molecule has 6 nitrogen and oxygen atoms in total. The van der Waals surface area contributed by atoms with E-state index in [1.807, 2.05) is 0 Å². The molecule has 25 heavy (non-hydrogen) atoms. The number of ketones is 1. The fraction of sp³-hybridized carbons (Fsp3) is 0.125. The maximum Gasteiger partial charge on any atom is 0.263 e. The van der Waals surface area contributed by atoms with Gasteiger partial charge in [-0.1, -0.05) is 34.4 Å². The normalized spacial score (nSPS) is 10.7. The third-order valence-electron chi connectivity index (χ3n) is 3.37. The van der Waals surface area contributed by atoms with Crippen LogP contribution in [0.15, 0.2) is 28.1 Å². The smallest absolute Gasteiger partial charge is 0.263 e. The molecule has 0 saturated heterocycles. The minimum atomic E-state index is -0.478. The van der Waals surface area contributed by atoms with Crippen molar-refractivity contribution in [1.29, 1.82) is 0 Å². The molecule has 0 aliphatic carbocycles. The van der Waals surface area contributed by atoms with Gasteiger partial charge in [0.05, 0.1) is 10.0 Å². The molecule has 128 valence electrons. The Balaban J connectivity index is 1.98. The number of nitrogens with zero attached hydrogens (tertiary/aromatic N) is 2. The van der Waals surface area contributed by atoms with Crippen molar-refractivity contribution in [3.63, 3.8) is 0 Å². The summed E-state index contributed by atoms with van der Waals surface area (Å²) in [5, 5.41) is 9.14. The molecule has 0 aliphatic rings. The SMILES string of the molecule is CC(=O)c1csc(NC(=O)c2c(-c3c(Cl)cccc3Cl)noc2C)n1. The number of carbonyl (C=O) groups is 2. The lowest BCUT2D eigenvalue weighted by atomic mass is 10.1. The lowest BCUT2D eigenvalue weighted by Gasteiger charge is -2.06. The van der Waals surface area contributed by atoms with Crippen LogP contribution in [0.4, 0.5) is 5.13 Å². The Morgan fingerprint density at radius 2 is 1.92 bits per heavy atom. The van der Waals surface area contributed by atoms with E-state index in [-0.39, 0.29) is 22.7 Å². The average Bonchev–Trinajstić information content (AvgIpc) is 3.14. The maximum absolute atomic E-state index is 12.7. The van der Waals surface area contributed by atoms with Gasteiger partial charge in [-0.3, -0.25) is 14.9 Å². The molecule has 3 aromatic rings. The van der Waals surface area contributed by atoms with E-state index in [1.54, 1.807) is 30.5 Å². The molecule has 0 aliphatic heterocycles. The molecule has 0 fully saturated rings. The number of carbonyl (C=O) groups excluding carboxylic acids is 2. The summed E-state index contributed by atoms with van der Waals surface area (Å²) < 4.78 is 5.16. The Hall–Kier alpha value is -2.22. The average molecular weight is 396 g/mol. The highest BCUT2D eigenvalue weighted by Gasteiger charge is 2.25. The fourth-order valence-corrected chi connectivity index (χ4v) is 3.51. The van der Waals surface area contributed by atoms with Crippen LogP contribution in [-0.4, -0.2) is 21.8 Å². The van der Waals surface area contributed by atoms with Gasteiger partial charge in [-0.25, -0.2) is 4.98 Å². The van der Waals surface area contributed by atoms with Crippen molar-refractivity contribution in [2.75, 3.05) is 5.32 Å². The van der Waals surface area contributed by atoms with Gasteiger partial charge in [0.15, 0.2) is 10.9 Å². The maximum atomic E-state index is 12.7. The second kappa shape index (κ2) is 6.95. The summed E-state index contributed by atoms with van der Waals surface area (Å²) in [5.41, 5.74) is 1.15. The van der Waals surface area contributed by atoms with Crippen molar-refractivity contribution in [1.82, 2.24) is 10.1 Å². The van der Waals surface area contributed by atoms with Gasteiger partial charge in [-0.15, -0.1) is 11.3 Å². The van der Waals surface area contributed by atoms with E-state index in [2.05, 4.69) is 15.5 Å². The van der Waals surface area contributed by atoms with Crippen molar-refractivity contribution >= 4 is 51.4 Å². The molecular formula is C16H11Cl2N3O3S. The minimum Gasteiger partial charge on any atom is -0.360 e. The summed E-state index contributed by atoms with van der Waals surface area (Å²) in [6, 6.07) is 4.99. The number of hydrogen-bond acceptors (Lipinski definition) is 6. The molecule has 1 aromatic carbocycles. The first-order valence-electron chi connectivity index (χ1n) is 7.07. The van der Waals surface area contributed by atoms with Crippen LogP contribution in [0.3, 0.4) is 0 Å². The van der Waals surface area contributed by atoms with Gasteiger partial charge in [0.1, 0.15) is 22.7 Å². The Morgan fingerprint density at radius 1 is 1.24 bits per heavy atom. The third kappa shape index (κ3) is 3.44. The second-order valence-corrected chi connectivity index (χ2v) is 6.78. The number of halogens is 2. The van der Waals surface area contributed by atoms with Crippen molar-refractivity contribution < 1.29 is 14.1 Å². The number of aryl methyl sites for hydroxylation is 1. The van der Waals surface area contributed by atoms with E-state index in [0.29, 0.717) is 26.5 Å². The molecular weight excluding hydrogens is 385 g/mol. The minimum absolute atomic E-state index is 0.179. The van der Waals surface area contributed by atoms with Crippen LogP contribution in [0.25, 0.3) is 11.3 Å². The van der Waals surface area contributed by atoms with Crippen LogP contribution in [-0.2, 0) is 0 Å². The van der Waals surface area contributed by atoms with E-state index in [1.165, 1.54) is 6.92 Å². The molecule has 1 amide bonds. The quantitative estimate of drug-likeness (QED) is 0.636. The third-order valence-corrected chi connectivity index (χ3v) is 4.76. The zero-order valence-corrected chi connectivity index (χ0v) is 15.4. The van der Waals surface area contributed by atoms with Gasteiger partial charge in [0, 0.05) is 17.9 Å². The molecule has 3 rings (SSSR count). The molecule has 0 unspecified atom stereocenters. The Labute approximate surface area is 156 Å². The molecule has 1 N–H and O–H groups in total. The molecule has 0 saturated carbocycles. The lowest BCUT2D eigenvalue weighted by molar-refractivity contribution is 0.100. The predicted molar refractivity (Wildman–Crippen MR) is 96.8 cm³/mol. The summed E-state index contributed by atoms with van der Waals surface area (Å²) in [6.45, 7) is 3.02. The number of nitrogens with one attached hydrogen (secondary N) is 1. The molecule has 9 heteroatoms. The van der Waals surface area contributed by atoms with E-state index >= 15 is 0 Å². The summed E-state index contributed by atoms with van der Waals surface area (Å²) >= 11 is 13.6. The zero-order chi connectivity index (χ0) is 18.1. The summed E-state index contributed by atoms with van der Waals surface area (Å²) in [6.07, 6.45) is 0. The van der Waals surface area contributed by atoms with E-state index in [9.17, 15) is 9.59 Å². The second-order valence-electron chi connectivity index (χ2n) is 5.11. The largest absolute Gasteiger partial charge is 0.360 e. The molecule has 0 radical (unpaired) electrons. The van der Waals surface area contributed by atoms with Crippen molar-refractivity contribution in [3.05, 3.63) is 50.6 Å². The standard InChI is InChI=1S/C16H11Cl2N3O3S/c1-7(22)11-6-25-16(19-11)20-15(23)12-8(2)24-21-14(12)13-9(17)4-3-5-10(13)18/h3-6H,1-2H3,(H,19,20,23). The van der Waals surface area contributed by atoms with Crippen LogP contribution in [0.2, 0.25) is 10.0 Å². The Bertz CT molecular complexity index is 961. The Morgan fingerprint density at radius 3 is 2.52 bits per heavy atom. The molecule has 0 atom stereocenters. The summed E-state index contributed by atoms with van der Waals surface area (Å²) in [7, 11) is 0. The zero-order valence-electron chi connectivity index (χ0n) is 13.1. The molecule has 0 bridgehead atoms. The number of aromatic nitrogens is 2. The molecule has 2 heterocycles. The number of hydrogen-bond donors (Lipinski definition) is 1. The van der Waals surface area contributed by atoms with E-state index in [4.69, 9.17) is 27.7 Å². The van der Waals surface area contributed by atoms with Crippen molar-refractivity contribution in [2.45, 2.75) is 13.8 Å². The van der Waals surface area contributed by atoms with Gasteiger partial charge < -0.3 is 4.52 Å². The summed E-state index contributed by atoms with van der Waals surface area (Å²) in [5.74, 6) is -0.345. The van der Waals surface area contributed by atoms with Crippen LogP contribution in [0.1, 0.15) is 33.5 Å². The van der Waals surface area contributed by atoms with E-state index < -0.39 is 5.91 Å². The van der Waals surface area contributed by atoms with Crippen LogP contribution in [0.5, 0.6) is 0 Å². The van der Waals surface area contributed by atoms with Gasteiger partial charge in [-0.05, 0) is 19.1 Å². The van der Waals surface area contributed by atoms with Crippen LogP contribution >= 0.6 is 34.5 Å². The number of rotatable bonds is 4. The number of anilines is 1. The van der Waals surface area contributed by atoms with E-state index in [0.717, 1.165) is 11.3 Å². The van der Waals surface area contributed by atoms with Gasteiger partial charge in [-0.2, -0.15) is 0 Å². The Kier molecular flexibility index (Phi) is 4.89. The monoisotopic (exact) mass is 395 g/mol. The first kappa shape index (κ1) is 17.6. The summed E-state index contributed by atoms with van der Waals surface area (Å²) in [4.78, 5) is 28.1. The number of amides is 1. The number of benzene rings is 1. The van der Waals surface area contributed by atoms with Crippen LogP contribution in [0, 0.1) is 6.92 Å². The molecule has 0 spiro atoms. The molecule has 2 aromatic heterocycles. The topological polar surface area (TPSA) is 85.1 Å². The number of thiazole rings is 1. The van der Waals surface area contributed by atoms with Gasteiger partial charge >= 0.3 is 0 Å². The van der Waals surface area contributed by atoms with Crippen molar-refractivity contribution in [3.8, 4) is 11.3 Å². The fourth-order valence-electron chi connectivity index (χ4n) is 2.19. The van der Waals surface area contributed by atoms with Crippen LogP contribution < -0.4 is 5.32 Å².